The molecule has 13 nitrogen and oxygen atoms in total. The van der Waals surface area contributed by atoms with Crippen molar-refractivity contribution < 1.29 is 19.1 Å². The number of nitrogens with zero attached hydrogens (tertiary/aromatic N) is 6. The topological polar surface area (TPSA) is 145 Å². The molecule has 0 spiro atoms. The van der Waals surface area contributed by atoms with Crippen molar-refractivity contribution in [1.82, 2.24) is 28.6 Å². The van der Waals surface area contributed by atoms with Crippen molar-refractivity contribution in [2.75, 3.05) is 24.3 Å². The van der Waals surface area contributed by atoms with E-state index in [2.05, 4.69) is 53.5 Å². The predicted molar refractivity (Wildman–Crippen MR) is 240 cm³/mol. The second-order valence-electron chi connectivity index (χ2n) is 15.8. The fourth-order valence-electron chi connectivity index (χ4n) is 7.96. The molecule has 62 heavy (non-hydrogen) atoms. The first-order valence-electron chi connectivity index (χ1n) is 20.5. The van der Waals surface area contributed by atoms with E-state index in [1.54, 1.807) is 62.1 Å². The van der Waals surface area contributed by atoms with Crippen molar-refractivity contribution in [2.24, 2.45) is 14.1 Å². The van der Waals surface area contributed by atoms with Crippen LogP contribution in [0.3, 0.4) is 0 Å². The predicted octanol–water partition coefficient (Wildman–Crippen LogP) is 7.79. The van der Waals surface area contributed by atoms with Crippen LogP contribution in [-0.2, 0) is 31.9 Å². The van der Waals surface area contributed by atoms with Crippen molar-refractivity contribution in [3.8, 4) is 34.0 Å². The van der Waals surface area contributed by atoms with E-state index >= 15 is 0 Å². The van der Waals surface area contributed by atoms with Crippen LogP contribution < -0.4 is 20.9 Å². The minimum atomic E-state index is -0.349. The number of nitrogens with one attached hydrogen (secondary N) is 2. The molecule has 7 aromatic rings. The van der Waals surface area contributed by atoms with E-state index in [0.29, 0.717) is 53.8 Å². The SMILES string of the molecule is COc1cc(-c2cnc(NC(=O)c3cccc(CN4CCCC4=O)c3)n2C)ccc1Cc1ccc(=O)n(-c2cccc(C(=O)Nc3ncc(-c4cc(C)c(C)cc4C)n3C)c2)c1. The van der Waals surface area contributed by atoms with Gasteiger partial charge in [0.15, 0.2) is 0 Å². The fraction of sp³-hybridized carbons (Fsp3) is 0.224. The molecule has 0 unspecified atom stereocenters. The molecule has 0 bridgehead atoms. The fourth-order valence-corrected chi connectivity index (χ4v) is 7.96. The molecule has 4 aromatic carbocycles. The number of anilines is 2. The van der Waals surface area contributed by atoms with Crippen LogP contribution in [0.15, 0.2) is 114 Å². The molecule has 0 aliphatic carbocycles. The Morgan fingerprint density at radius 1 is 0.726 bits per heavy atom. The first kappa shape index (κ1) is 41.2. The van der Waals surface area contributed by atoms with Crippen molar-refractivity contribution in [2.45, 2.75) is 46.6 Å². The number of pyridine rings is 1. The Morgan fingerprint density at radius 2 is 1.40 bits per heavy atom. The van der Waals surface area contributed by atoms with E-state index in [0.717, 1.165) is 57.7 Å². The van der Waals surface area contributed by atoms with Gasteiger partial charge in [-0.2, -0.15) is 0 Å². The van der Waals surface area contributed by atoms with Crippen LogP contribution in [0.4, 0.5) is 11.9 Å². The Morgan fingerprint density at radius 3 is 2.11 bits per heavy atom. The van der Waals surface area contributed by atoms with Gasteiger partial charge in [0.25, 0.3) is 17.4 Å². The Kier molecular flexibility index (Phi) is 11.4. The molecule has 1 aliphatic heterocycles. The van der Waals surface area contributed by atoms with E-state index in [1.807, 2.05) is 64.5 Å². The summed E-state index contributed by atoms with van der Waals surface area (Å²) >= 11 is 0. The van der Waals surface area contributed by atoms with Crippen molar-refractivity contribution in [3.05, 3.63) is 164 Å². The lowest BCUT2D eigenvalue weighted by molar-refractivity contribution is -0.128. The van der Waals surface area contributed by atoms with Gasteiger partial charge in [0, 0.05) is 80.2 Å². The molecule has 0 atom stereocenters. The summed E-state index contributed by atoms with van der Waals surface area (Å²) in [5.74, 6) is 0.923. The Balaban J connectivity index is 0.959. The summed E-state index contributed by atoms with van der Waals surface area (Å²) in [5.41, 5.74) is 10.9. The zero-order valence-corrected chi connectivity index (χ0v) is 35.7. The number of amides is 3. The largest absolute Gasteiger partial charge is 0.496 e. The average Bonchev–Trinajstić information content (AvgIpc) is 3.96. The Bertz CT molecular complexity index is 2940. The molecule has 8 rings (SSSR count). The molecule has 1 fully saturated rings. The van der Waals surface area contributed by atoms with Crippen LogP contribution in [-0.4, -0.2) is 59.9 Å². The molecule has 2 N–H and O–H groups in total. The molecule has 4 heterocycles. The zero-order chi connectivity index (χ0) is 43.7. The Labute approximate surface area is 359 Å². The van der Waals surface area contributed by atoms with Gasteiger partial charge in [0.2, 0.25) is 17.8 Å². The maximum absolute atomic E-state index is 13.6. The summed E-state index contributed by atoms with van der Waals surface area (Å²) < 4.78 is 11.1. The number of hydrogen-bond acceptors (Lipinski definition) is 7. The number of ether oxygens (including phenoxy) is 1. The van der Waals surface area contributed by atoms with Gasteiger partial charge in [-0.05, 0) is 103 Å². The molecule has 314 valence electrons. The number of carbonyl (C=O) groups is 3. The minimum Gasteiger partial charge on any atom is -0.496 e. The van der Waals surface area contributed by atoms with Gasteiger partial charge in [-0.1, -0.05) is 42.5 Å². The highest BCUT2D eigenvalue weighted by molar-refractivity contribution is 6.04. The van der Waals surface area contributed by atoms with Crippen molar-refractivity contribution >= 4 is 29.6 Å². The first-order valence-corrected chi connectivity index (χ1v) is 20.5. The number of aryl methyl sites for hydroxylation is 3. The third-order valence-corrected chi connectivity index (χ3v) is 11.6. The summed E-state index contributed by atoms with van der Waals surface area (Å²) in [7, 11) is 5.31. The molecular weight excluding hydrogens is 781 g/mol. The maximum Gasteiger partial charge on any atom is 0.258 e. The lowest BCUT2D eigenvalue weighted by Gasteiger charge is -2.16. The number of likely N-dealkylation sites (tertiary alicyclic amines) is 1. The van der Waals surface area contributed by atoms with Crippen LogP contribution in [0.25, 0.3) is 28.2 Å². The highest BCUT2D eigenvalue weighted by Gasteiger charge is 2.21. The van der Waals surface area contributed by atoms with Gasteiger partial charge in [-0.3, -0.25) is 34.4 Å². The number of hydrogen-bond donors (Lipinski definition) is 2. The molecule has 13 heteroatoms. The highest BCUT2D eigenvalue weighted by Crippen LogP contribution is 2.31. The minimum absolute atomic E-state index is 0.137. The zero-order valence-electron chi connectivity index (χ0n) is 35.7. The van der Waals surface area contributed by atoms with Crippen molar-refractivity contribution in [1.29, 1.82) is 0 Å². The number of benzene rings is 4. The summed E-state index contributed by atoms with van der Waals surface area (Å²) in [6.07, 6.45) is 7.13. The summed E-state index contributed by atoms with van der Waals surface area (Å²) in [6.45, 7) is 7.44. The normalized spacial score (nSPS) is 12.5. The molecule has 1 saturated heterocycles. The molecule has 1 aliphatic rings. The van der Waals surface area contributed by atoms with Crippen LogP contribution in [0.1, 0.15) is 66.9 Å². The number of rotatable bonds is 12. The number of carbonyl (C=O) groups excluding carboxylic acids is 3. The van der Waals surface area contributed by atoms with Crippen LogP contribution in [0, 0.1) is 20.8 Å². The van der Waals surface area contributed by atoms with E-state index in [4.69, 9.17) is 4.74 Å². The van der Waals surface area contributed by atoms with Crippen LogP contribution in [0.5, 0.6) is 5.75 Å². The van der Waals surface area contributed by atoms with Gasteiger partial charge >= 0.3 is 0 Å². The number of imidazole rings is 2. The molecule has 0 radical (unpaired) electrons. The van der Waals surface area contributed by atoms with Gasteiger partial charge < -0.3 is 18.8 Å². The van der Waals surface area contributed by atoms with Gasteiger partial charge in [0.1, 0.15) is 5.75 Å². The monoisotopic (exact) mass is 828 g/mol. The first-order chi connectivity index (χ1) is 29.9. The van der Waals surface area contributed by atoms with E-state index in [9.17, 15) is 19.2 Å². The number of methoxy groups -OCH3 is 1. The molecule has 3 aromatic heterocycles. The molecule has 0 saturated carbocycles. The molecular formula is C49H48N8O5. The third-order valence-electron chi connectivity index (χ3n) is 11.6. The third kappa shape index (κ3) is 8.42. The second kappa shape index (κ2) is 17.2. The standard InChI is InChI=1S/C49H48N8O5/c1-30-20-32(3)40(21-31(30)2)42-27-51-49(55(42)5)53-47(61)38-12-8-13-39(24-38)57-29-34(15-18-45(57)59)22-36-17-16-35(25-43(36)62-6)41-26-50-48(54(41)4)52-46(60)37-11-7-10-33(23-37)28-56-19-9-14-44(56)58/h7-8,10-13,15-18,20-21,23-27,29H,9,14,19,22,28H2,1-6H3,(H,50,52,60)(H,51,53,61). The van der Waals surface area contributed by atoms with E-state index in [1.165, 1.54) is 21.8 Å². The summed E-state index contributed by atoms with van der Waals surface area (Å²) in [4.78, 5) is 63.0. The highest BCUT2D eigenvalue weighted by atomic mass is 16.5. The van der Waals surface area contributed by atoms with E-state index in [-0.39, 0.29) is 23.3 Å². The van der Waals surface area contributed by atoms with Crippen LogP contribution in [0.2, 0.25) is 0 Å². The summed E-state index contributed by atoms with van der Waals surface area (Å²) in [6, 6.07) is 27.7. The maximum atomic E-state index is 13.6. The smallest absolute Gasteiger partial charge is 0.258 e. The number of aromatic nitrogens is 5. The molecule has 3 amide bonds. The second-order valence-corrected chi connectivity index (χ2v) is 15.8. The van der Waals surface area contributed by atoms with Crippen LogP contribution >= 0.6 is 0 Å². The summed E-state index contributed by atoms with van der Waals surface area (Å²) in [5, 5.41) is 5.86. The van der Waals surface area contributed by atoms with E-state index < -0.39 is 0 Å². The van der Waals surface area contributed by atoms with Gasteiger partial charge in [0.05, 0.1) is 30.9 Å². The Hall–Kier alpha value is -7.54. The lowest BCUT2D eigenvalue weighted by atomic mass is 9.99. The van der Waals surface area contributed by atoms with Gasteiger partial charge in [-0.25, -0.2) is 9.97 Å². The average molecular weight is 829 g/mol. The van der Waals surface area contributed by atoms with Gasteiger partial charge in [-0.15, -0.1) is 0 Å². The quantitative estimate of drug-likeness (QED) is 0.128. The van der Waals surface area contributed by atoms with Crippen molar-refractivity contribution in [3.63, 3.8) is 0 Å². The lowest BCUT2D eigenvalue weighted by Crippen LogP contribution is -2.24.